The second-order valence-corrected chi connectivity index (χ2v) is 2.91. The van der Waals surface area contributed by atoms with Crippen LogP contribution in [0.25, 0.3) is 0 Å². The van der Waals surface area contributed by atoms with Crippen molar-refractivity contribution in [3.63, 3.8) is 0 Å². The number of rotatable bonds is 1. The smallest absolute Gasteiger partial charge is 0.436 e. The highest BCUT2D eigenvalue weighted by Gasteiger charge is 2.11. The molecule has 0 aromatic rings. The lowest BCUT2D eigenvalue weighted by molar-refractivity contribution is 0.000666. The average Bonchev–Trinajstić information content (AvgIpc) is 1.81. The van der Waals surface area contributed by atoms with Crippen molar-refractivity contribution in [2.75, 3.05) is 7.11 Å². The van der Waals surface area contributed by atoms with E-state index in [1.54, 1.807) is 0 Å². The van der Waals surface area contributed by atoms with Gasteiger partial charge >= 0.3 is 6.16 Å². The molecule has 0 saturated carbocycles. The standard InChI is InChI=1S/C6H13NO3/c1-6(2,3)7-10-5(8)9-4/h7H,1-4H3. The fourth-order valence-corrected chi connectivity index (χ4v) is 0.236. The van der Waals surface area contributed by atoms with E-state index in [4.69, 9.17) is 0 Å². The Kier molecular flexibility index (Phi) is 3.15. The van der Waals surface area contributed by atoms with Crippen LogP contribution in [0.4, 0.5) is 4.79 Å². The summed E-state index contributed by atoms with van der Waals surface area (Å²) < 4.78 is 4.22. The maximum absolute atomic E-state index is 10.4. The minimum absolute atomic E-state index is 0.242. The van der Waals surface area contributed by atoms with Crippen LogP contribution in [0.2, 0.25) is 0 Å². The second-order valence-electron chi connectivity index (χ2n) is 2.91. The van der Waals surface area contributed by atoms with Crippen LogP contribution in [0.5, 0.6) is 0 Å². The molecule has 0 aliphatic heterocycles. The Bertz CT molecular complexity index is 117. The minimum Gasteiger partial charge on any atom is -0.436 e. The largest absolute Gasteiger partial charge is 0.527 e. The van der Waals surface area contributed by atoms with Gasteiger partial charge in [-0.2, -0.15) is 0 Å². The summed E-state index contributed by atoms with van der Waals surface area (Å²) in [5.74, 6) is 0. The summed E-state index contributed by atoms with van der Waals surface area (Å²) in [6, 6.07) is 0. The highest BCUT2D eigenvalue weighted by atomic mass is 16.8. The summed E-state index contributed by atoms with van der Waals surface area (Å²) >= 11 is 0. The lowest BCUT2D eigenvalue weighted by atomic mass is 10.1. The zero-order valence-corrected chi connectivity index (χ0v) is 6.72. The molecule has 0 unspecified atom stereocenters. The van der Waals surface area contributed by atoms with E-state index in [1.807, 2.05) is 20.8 Å². The normalized spacial score (nSPS) is 10.8. The fraction of sp³-hybridized carbons (Fsp3) is 0.833. The zero-order valence-electron chi connectivity index (χ0n) is 6.72. The summed E-state index contributed by atoms with van der Waals surface area (Å²) in [6.45, 7) is 5.61. The maximum Gasteiger partial charge on any atom is 0.527 e. The Morgan fingerprint density at radius 2 is 1.90 bits per heavy atom. The number of methoxy groups -OCH3 is 1. The van der Waals surface area contributed by atoms with Crippen molar-refractivity contribution in [2.24, 2.45) is 0 Å². The first-order valence-electron chi connectivity index (χ1n) is 2.97. The SMILES string of the molecule is COC(=O)ONC(C)(C)C. The molecule has 0 rings (SSSR count). The van der Waals surface area contributed by atoms with E-state index in [-0.39, 0.29) is 5.54 Å². The van der Waals surface area contributed by atoms with Gasteiger partial charge in [-0.1, -0.05) is 0 Å². The van der Waals surface area contributed by atoms with E-state index < -0.39 is 6.16 Å². The number of nitrogens with one attached hydrogen (secondary N) is 1. The van der Waals surface area contributed by atoms with Crippen molar-refractivity contribution < 1.29 is 14.4 Å². The van der Waals surface area contributed by atoms with Crippen LogP contribution in [-0.4, -0.2) is 18.8 Å². The molecule has 0 aromatic heterocycles. The fourth-order valence-electron chi connectivity index (χ4n) is 0.236. The first kappa shape index (κ1) is 9.23. The average molecular weight is 147 g/mol. The van der Waals surface area contributed by atoms with Gasteiger partial charge in [0.15, 0.2) is 0 Å². The van der Waals surface area contributed by atoms with Gasteiger partial charge in [0.25, 0.3) is 0 Å². The van der Waals surface area contributed by atoms with Crippen molar-refractivity contribution in [1.29, 1.82) is 0 Å². The van der Waals surface area contributed by atoms with Crippen LogP contribution >= 0.6 is 0 Å². The van der Waals surface area contributed by atoms with Gasteiger partial charge in [0, 0.05) is 5.54 Å². The van der Waals surface area contributed by atoms with Crippen LogP contribution in [0.1, 0.15) is 20.8 Å². The van der Waals surface area contributed by atoms with E-state index in [0.717, 1.165) is 0 Å². The number of ether oxygens (including phenoxy) is 1. The number of hydroxylamine groups is 1. The summed E-state index contributed by atoms with van der Waals surface area (Å²) in [5, 5.41) is 0. The second kappa shape index (κ2) is 3.41. The number of carbonyl (C=O) groups excluding carboxylic acids is 1. The molecule has 0 radical (unpaired) electrons. The van der Waals surface area contributed by atoms with Crippen molar-refractivity contribution in [3.05, 3.63) is 0 Å². The third-order valence-electron chi connectivity index (χ3n) is 0.607. The third kappa shape index (κ3) is 5.37. The lowest BCUT2D eigenvalue weighted by Crippen LogP contribution is -2.37. The Balaban J connectivity index is 3.46. The topological polar surface area (TPSA) is 47.6 Å². The van der Waals surface area contributed by atoms with Gasteiger partial charge in [0.2, 0.25) is 0 Å². The molecule has 4 heteroatoms. The van der Waals surface area contributed by atoms with Gasteiger partial charge in [-0.25, -0.2) is 4.79 Å². The molecular weight excluding hydrogens is 134 g/mol. The predicted octanol–water partition coefficient (Wildman–Crippen LogP) is 1.07. The van der Waals surface area contributed by atoms with Crippen molar-refractivity contribution in [3.8, 4) is 0 Å². The summed E-state index contributed by atoms with van der Waals surface area (Å²) in [5.41, 5.74) is 2.26. The molecule has 60 valence electrons. The van der Waals surface area contributed by atoms with Crippen molar-refractivity contribution in [2.45, 2.75) is 26.3 Å². The molecule has 10 heavy (non-hydrogen) atoms. The summed E-state index contributed by atoms with van der Waals surface area (Å²) in [7, 11) is 1.26. The molecule has 0 aliphatic carbocycles. The molecule has 0 aliphatic rings. The van der Waals surface area contributed by atoms with Crippen molar-refractivity contribution in [1.82, 2.24) is 5.48 Å². The molecule has 0 saturated heterocycles. The first-order valence-corrected chi connectivity index (χ1v) is 2.97. The highest BCUT2D eigenvalue weighted by molar-refractivity contribution is 5.59. The van der Waals surface area contributed by atoms with Crippen LogP contribution in [-0.2, 0) is 9.57 Å². The number of carbonyl (C=O) groups is 1. The van der Waals surface area contributed by atoms with Gasteiger partial charge in [-0.05, 0) is 20.8 Å². The van der Waals surface area contributed by atoms with E-state index in [9.17, 15) is 4.79 Å². The molecule has 0 amide bonds. The lowest BCUT2D eigenvalue weighted by Gasteiger charge is -2.18. The van der Waals surface area contributed by atoms with Gasteiger partial charge in [0.1, 0.15) is 0 Å². The van der Waals surface area contributed by atoms with Crippen LogP contribution in [0.3, 0.4) is 0 Å². The third-order valence-corrected chi connectivity index (χ3v) is 0.607. The predicted molar refractivity (Wildman–Crippen MR) is 36.4 cm³/mol. The highest BCUT2D eigenvalue weighted by Crippen LogP contribution is 1.97. The number of hydrogen-bond acceptors (Lipinski definition) is 4. The molecule has 0 atom stereocenters. The molecule has 0 heterocycles. The zero-order chi connectivity index (χ0) is 8.20. The minimum atomic E-state index is -0.727. The summed E-state index contributed by atoms with van der Waals surface area (Å²) in [6.07, 6.45) is -0.727. The molecule has 1 N–H and O–H groups in total. The van der Waals surface area contributed by atoms with Crippen LogP contribution < -0.4 is 5.48 Å². The molecular formula is C6H13NO3. The number of hydrogen-bond donors (Lipinski definition) is 1. The van der Waals surface area contributed by atoms with Crippen molar-refractivity contribution >= 4 is 6.16 Å². The van der Waals surface area contributed by atoms with Crippen LogP contribution in [0.15, 0.2) is 0 Å². The van der Waals surface area contributed by atoms with E-state index in [2.05, 4.69) is 15.1 Å². The molecule has 0 aromatic carbocycles. The maximum atomic E-state index is 10.4. The molecule has 0 bridgehead atoms. The first-order chi connectivity index (χ1) is 4.45. The molecule has 0 fully saturated rings. The van der Waals surface area contributed by atoms with E-state index >= 15 is 0 Å². The van der Waals surface area contributed by atoms with Crippen LogP contribution in [0, 0.1) is 0 Å². The molecule has 4 nitrogen and oxygen atoms in total. The monoisotopic (exact) mass is 147 g/mol. The molecule has 0 spiro atoms. The van der Waals surface area contributed by atoms with Gasteiger partial charge in [0.05, 0.1) is 7.11 Å². The van der Waals surface area contributed by atoms with E-state index in [0.29, 0.717) is 0 Å². The Labute approximate surface area is 60.5 Å². The Morgan fingerprint density at radius 3 is 2.20 bits per heavy atom. The van der Waals surface area contributed by atoms with Gasteiger partial charge in [-0.15, -0.1) is 5.48 Å². The quantitative estimate of drug-likeness (QED) is 0.445. The summed E-state index contributed by atoms with van der Waals surface area (Å²) in [4.78, 5) is 14.8. The van der Waals surface area contributed by atoms with E-state index in [1.165, 1.54) is 7.11 Å². The Hall–Kier alpha value is -0.770. The van der Waals surface area contributed by atoms with Gasteiger partial charge in [-0.3, -0.25) is 0 Å². The Morgan fingerprint density at radius 1 is 1.40 bits per heavy atom. The van der Waals surface area contributed by atoms with Gasteiger partial charge < -0.3 is 9.57 Å².